The van der Waals surface area contributed by atoms with Gasteiger partial charge in [0, 0.05) is 38.6 Å². The molecule has 3 aliphatic rings. The molecule has 1 aliphatic carbocycles. The number of benzene rings is 1. The van der Waals surface area contributed by atoms with Crippen molar-refractivity contribution in [2.45, 2.75) is 36.6 Å². The molecule has 1 aromatic rings. The molecule has 0 bridgehead atoms. The number of hydrogen-bond donors (Lipinski definition) is 0. The number of amides is 2. The number of rotatable bonds is 4. The number of hydrogen-bond acceptors (Lipinski definition) is 4. The van der Waals surface area contributed by atoms with E-state index in [1.807, 2.05) is 0 Å². The lowest BCUT2D eigenvalue weighted by Gasteiger charge is -2.37. The minimum absolute atomic E-state index is 0.0793. The Hall–Kier alpha value is -1.35. The van der Waals surface area contributed by atoms with Gasteiger partial charge in [-0.05, 0) is 37.8 Å². The Labute approximate surface area is 180 Å². The predicted molar refractivity (Wildman–Crippen MR) is 109 cm³/mol. The van der Waals surface area contributed by atoms with Gasteiger partial charge in [-0.15, -0.1) is 0 Å². The van der Waals surface area contributed by atoms with Crippen molar-refractivity contribution in [2.24, 2.45) is 5.92 Å². The molecule has 2 aliphatic heterocycles. The summed E-state index contributed by atoms with van der Waals surface area (Å²) < 4.78 is 27.3. The van der Waals surface area contributed by atoms with Crippen LogP contribution in [0.1, 0.15) is 25.7 Å². The molecule has 29 heavy (non-hydrogen) atoms. The number of sulfonamides is 1. The lowest BCUT2D eigenvalue weighted by Crippen LogP contribution is -2.55. The summed E-state index contributed by atoms with van der Waals surface area (Å²) in [4.78, 5) is 28.8. The number of carbonyl (C=O) groups is 2. The number of piperazine rings is 1. The summed E-state index contributed by atoms with van der Waals surface area (Å²) in [7, 11) is -3.85. The van der Waals surface area contributed by atoms with E-state index in [2.05, 4.69) is 0 Å². The first kappa shape index (κ1) is 20.9. The van der Waals surface area contributed by atoms with Crippen molar-refractivity contribution < 1.29 is 18.0 Å². The molecule has 158 valence electrons. The van der Waals surface area contributed by atoms with Gasteiger partial charge >= 0.3 is 0 Å². The Kier molecular flexibility index (Phi) is 5.81. The van der Waals surface area contributed by atoms with Gasteiger partial charge in [0.2, 0.25) is 21.8 Å². The van der Waals surface area contributed by atoms with Crippen LogP contribution in [0, 0.1) is 5.92 Å². The van der Waals surface area contributed by atoms with Crippen molar-refractivity contribution in [3.05, 3.63) is 28.2 Å². The summed E-state index contributed by atoms with van der Waals surface area (Å²) in [6, 6.07) is 4.16. The second-order valence-corrected chi connectivity index (χ2v) is 10.4. The third kappa shape index (κ3) is 4.00. The normalized spacial score (nSPS) is 23.4. The van der Waals surface area contributed by atoms with Gasteiger partial charge in [-0.2, -0.15) is 4.31 Å². The smallest absolute Gasteiger partial charge is 0.246 e. The summed E-state index contributed by atoms with van der Waals surface area (Å²) in [6.07, 6.45) is 3.33. The summed E-state index contributed by atoms with van der Waals surface area (Å²) in [5.74, 6) is 0.102. The van der Waals surface area contributed by atoms with Gasteiger partial charge in [-0.3, -0.25) is 9.59 Å². The molecule has 0 aromatic heterocycles. The van der Waals surface area contributed by atoms with Crippen LogP contribution in [0.5, 0.6) is 0 Å². The van der Waals surface area contributed by atoms with Gasteiger partial charge in [0.05, 0.1) is 10.0 Å². The lowest BCUT2D eigenvalue weighted by atomic mass is 10.1. The highest BCUT2D eigenvalue weighted by Gasteiger charge is 2.43. The second-order valence-electron chi connectivity index (χ2n) is 7.74. The first-order chi connectivity index (χ1) is 13.8. The van der Waals surface area contributed by atoms with E-state index in [1.165, 1.54) is 16.4 Å². The van der Waals surface area contributed by atoms with Gasteiger partial charge in [-0.25, -0.2) is 8.42 Å². The fraction of sp³-hybridized carbons (Fsp3) is 0.579. The number of nitrogens with zero attached hydrogens (tertiary/aromatic N) is 3. The Morgan fingerprint density at radius 2 is 1.52 bits per heavy atom. The van der Waals surface area contributed by atoms with E-state index >= 15 is 0 Å². The van der Waals surface area contributed by atoms with Gasteiger partial charge in [0.25, 0.3) is 0 Å². The Balaban J connectivity index is 1.42. The summed E-state index contributed by atoms with van der Waals surface area (Å²) >= 11 is 12.2. The minimum atomic E-state index is -3.85. The SMILES string of the molecule is O=C(C1CCCN1C(=O)C1CC1)N1CCN(S(=O)(=O)c2c(Cl)cccc2Cl)CC1. The highest BCUT2D eigenvalue weighted by atomic mass is 35.5. The molecule has 3 fully saturated rings. The van der Waals surface area contributed by atoms with Crippen molar-refractivity contribution in [1.82, 2.24) is 14.1 Å². The Morgan fingerprint density at radius 1 is 0.897 bits per heavy atom. The maximum Gasteiger partial charge on any atom is 0.246 e. The van der Waals surface area contributed by atoms with Crippen LogP contribution in [-0.4, -0.2) is 73.1 Å². The van der Waals surface area contributed by atoms with Gasteiger partial charge in [0.15, 0.2) is 0 Å². The minimum Gasteiger partial charge on any atom is -0.338 e. The largest absolute Gasteiger partial charge is 0.338 e. The fourth-order valence-corrected chi connectivity index (χ4v) is 6.58. The van der Waals surface area contributed by atoms with E-state index in [9.17, 15) is 18.0 Å². The molecule has 1 atom stereocenters. The molecule has 10 heteroatoms. The van der Waals surface area contributed by atoms with Crippen molar-refractivity contribution in [3.63, 3.8) is 0 Å². The molecule has 2 heterocycles. The van der Waals surface area contributed by atoms with E-state index in [4.69, 9.17) is 23.2 Å². The molecule has 7 nitrogen and oxygen atoms in total. The topological polar surface area (TPSA) is 78.0 Å². The van der Waals surface area contributed by atoms with Gasteiger partial charge in [-0.1, -0.05) is 29.3 Å². The number of carbonyl (C=O) groups excluding carboxylic acids is 2. The average molecular weight is 460 g/mol. The molecule has 0 radical (unpaired) electrons. The summed E-state index contributed by atoms with van der Waals surface area (Å²) in [5, 5.41) is 0.160. The van der Waals surface area contributed by atoms with E-state index in [-0.39, 0.29) is 58.9 Å². The molecular weight excluding hydrogens is 437 g/mol. The zero-order valence-electron chi connectivity index (χ0n) is 15.9. The maximum atomic E-state index is 13.0. The Bertz CT molecular complexity index is 907. The number of likely N-dealkylation sites (tertiary alicyclic amines) is 1. The quantitative estimate of drug-likeness (QED) is 0.691. The van der Waals surface area contributed by atoms with E-state index in [1.54, 1.807) is 15.9 Å². The lowest BCUT2D eigenvalue weighted by molar-refractivity contribution is -0.145. The number of halogens is 2. The Morgan fingerprint density at radius 3 is 2.10 bits per heavy atom. The van der Waals surface area contributed by atoms with Crippen LogP contribution in [0.3, 0.4) is 0 Å². The van der Waals surface area contributed by atoms with Gasteiger partial charge in [0.1, 0.15) is 10.9 Å². The first-order valence-electron chi connectivity index (χ1n) is 9.84. The zero-order valence-corrected chi connectivity index (χ0v) is 18.2. The van der Waals surface area contributed by atoms with Crippen LogP contribution in [-0.2, 0) is 19.6 Å². The van der Waals surface area contributed by atoms with Crippen LogP contribution >= 0.6 is 23.2 Å². The molecule has 0 N–H and O–H groups in total. The fourth-order valence-electron chi connectivity index (χ4n) is 4.07. The molecule has 0 spiro atoms. The average Bonchev–Trinajstić information content (AvgIpc) is 3.43. The summed E-state index contributed by atoms with van der Waals surface area (Å²) in [5.41, 5.74) is 0. The highest BCUT2D eigenvalue weighted by Crippen LogP contribution is 2.35. The zero-order chi connectivity index (χ0) is 20.8. The van der Waals surface area contributed by atoms with Crippen LogP contribution in [0.4, 0.5) is 0 Å². The van der Waals surface area contributed by atoms with Crippen molar-refractivity contribution in [2.75, 3.05) is 32.7 Å². The molecule has 4 rings (SSSR count). The standard InChI is InChI=1S/C19H23Cl2N3O4S/c20-14-3-1-4-15(21)17(14)29(27,28)23-11-9-22(10-12-23)19(26)16-5-2-8-24(16)18(25)13-6-7-13/h1,3-4,13,16H,2,5-12H2. The molecule has 1 unspecified atom stereocenters. The third-order valence-electron chi connectivity index (χ3n) is 5.81. The molecule has 1 aromatic carbocycles. The third-order valence-corrected chi connectivity index (χ3v) is 8.67. The maximum absolute atomic E-state index is 13.0. The van der Waals surface area contributed by atoms with E-state index in [0.717, 1.165) is 19.3 Å². The first-order valence-corrected chi connectivity index (χ1v) is 12.0. The molecule has 1 saturated carbocycles. The summed E-state index contributed by atoms with van der Waals surface area (Å²) in [6.45, 7) is 1.52. The van der Waals surface area contributed by atoms with E-state index in [0.29, 0.717) is 13.0 Å². The van der Waals surface area contributed by atoms with Crippen molar-refractivity contribution >= 4 is 45.0 Å². The molecule has 2 amide bonds. The highest BCUT2D eigenvalue weighted by molar-refractivity contribution is 7.89. The van der Waals surface area contributed by atoms with Crippen molar-refractivity contribution in [1.29, 1.82) is 0 Å². The van der Waals surface area contributed by atoms with Gasteiger partial charge < -0.3 is 9.80 Å². The van der Waals surface area contributed by atoms with Crippen LogP contribution < -0.4 is 0 Å². The van der Waals surface area contributed by atoms with Crippen LogP contribution in [0.2, 0.25) is 10.0 Å². The predicted octanol–water partition coefficient (Wildman–Crippen LogP) is 2.23. The van der Waals surface area contributed by atoms with E-state index < -0.39 is 16.1 Å². The van der Waals surface area contributed by atoms with Crippen molar-refractivity contribution in [3.8, 4) is 0 Å². The molecule has 2 saturated heterocycles. The monoisotopic (exact) mass is 459 g/mol. The second kappa shape index (κ2) is 8.06. The van der Waals surface area contributed by atoms with Crippen LogP contribution in [0.15, 0.2) is 23.1 Å². The molecular formula is C19H23Cl2N3O4S. The van der Waals surface area contributed by atoms with Crippen LogP contribution in [0.25, 0.3) is 0 Å².